The molecule has 132 valence electrons. The van der Waals surface area contributed by atoms with E-state index in [0.29, 0.717) is 12.0 Å². The SMILES string of the molecule is C=C(C)CN1[C@H](c2ccccc2Br)OC2C[C@H](C)CCC2C1(C)C. The van der Waals surface area contributed by atoms with Gasteiger partial charge < -0.3 is 4.74 Å². The Morgan fingerprint density at radius 1 is 1.33 bits per heavy atom. The molecule has 2 nitrogen and oxygen atoms in total. The Kier molecular flexibility index (Phi) is 5.25. The van der Waals surface area contributed by atoms with E-state index in [9.17, 15) is 0 Å². The predicted molar refractivity (Wildman–Crippen MR) is 104 cm³/mol. The van der Waals surface area contributed by atoms with Crippen molar-refractivity contribution in [1.82, 2.24) is 4.90 Å². The summed E-state index contributed by atoms with van der Waals surface area (Å²) >= 11 is 3.73. The number of rotatable bonds is 3. The first kappa shape index (κ1) is 18.2. The van der Waals surface area contributed by atoms with Crippen molar-refractivity contribution >= 4 is 15.9 Å². The lowest BCUT2D eigenvalue weighted by Gasteiger charge is -2.57. The van der Waals surface area contributed by atoms with Crippen molar-refractivity contribution in [3.8, 4) is 0 Å². The fraction of sp³-hybridized carbons (Fsp3) is 0.619. The van der Waals surface area contributed by atoms with Crippen LogP contribution in [0.1, 0.15) is 58.7 Å². The molecule has 0 radical (unpaired) electrons. The van der Waals surface area contributed by atoms with Crippen molar-refractivity contribution in [2.45, 2.75) is 64.8 Å². The van der Waals surface area contributed by atoms with Crippen molar-refractivity contribution in [2.24, 2.45) is 11.8 Å². The Balaban J connectivity index is 2.01. The normalized spacial score (nSPS) is 33.0. The highest BCUT2D eigenvalue weighted by atomic mass is 79.9. The largest absolute Gasteiger partial charge is 0.355 e. The van der Waals surface area contributed by atoms with Gasteiger partial charge in [-0.2, -0.15) is 0 Å². The van der Waals surface area contributed by atoms with Crippen LogP contribution >= 0.6 is 15.9 Å². The Morgan fingerprint density at radius 2 is 2.04 bits per heavy atom. The van der Waals surface area contributed by atoms with Gasteiger partial charge in [-0.15, -0.1) is 0 Å². The summed E-state index contributed by atoms with van der Waals surface area (Å²) in [6.45, 7) is 14.3. The van der Waals surface area contributed by atoms with Crippen LogP contribution in [0, 0.1) is 11.8 Å². The lowest BCUT2D eigenvalue weighted by atomic mass is 9.69. The molecule has 0 aromatic heterocycles. The average Bonchev–Trinajstić information content (AvgIpc) is 2.50. The van der Waals surface area contributed by atoms with E-state index >= 15 is 0 Å². The van der Waals surface area contributed by atoms with E-state index in [-0.39, 0.29) is 11.8 Å². The first-order chi connectivity index (χ1) is 11.3. The average molecular weight is 392 g/mol. The van der Waals surface area contributed by atoms with Crippen LogP contribution in [-0.4, -0.2) is 23.1 Å². The summed E-state index contributed by atoms with van der Waals surface area (Å²) < 4.78 is 7.86. The molecule has 1 aromatic carbocycles. The number of halogens is 1. The molecule has 1 aliphatic carbocycles. The molecule has 1 aromatic rings. The number of ether oxygens (including phenoxy) is 1. The van der Waals surface area contributed by atoms with E-state index in [1.54, 1.807) is 0 Å². The Labute approximate surface area is 155 Å². The van der Waals surface area contributed by atoms with Gasteiger partial charge in [0.05, 0.1) is 6.10 Å². The topological polar surface area (TPSA) is 12.5 Å². The van der Waals surface area contributed by atoms with Gasteiger partial charge in [0.15, 0.2) is 0 Å². The molecule has 1 aliphatic heterocycles. The van der Waals surface area contributed by atoms with Gasteiger partial charge in [-0.3, -0.25) is 4.90 Å². The van der Waals surface area contributed by atoms with Crippen molar-refractivity contribution in [3.63, 3.8) is 0 Å². The first-order valence-corrected chi connectivity index (χ1v) is 9.91. The third kappa shape index (κ3) is 3.36. The summed E-state index contributed by atoms with van der Waals surface area (Å²) in [6, 6.07) is 8.46. The lowest BCUT2D eigenvalue weighted by molar-refractivity contribution is -0.234. The molecule has 24 heavy (non-hydrogen) atoms. The van der Waals surface area contributed by atoms with Gasteiger partial charge in [-0.05, 0) is 45.6 Å². The molecule has 4 atom stereocenters. The summed E-state index contributed by atoms with van der Waals surface area (Å²) in [5.74, 6) is 1.35. The quantitative estimate of drug-likeness (QED) is 0.591. The van der Waals surface area contributed by atoms with Crippen LogP contribution in [0.2, 0.25) is 0 Å². The van der Waals surface area contributed by atoms with E-state index in [2.05, 4.69) is 79.4 Å². The van der Waals surface area contributed by atoms with Crippen LogP contribution in [0.5, 0.6) is 0 Å². The lowest BCUT2D eigenvalue weighted by Crippen LogP contribution is -2.61. The third-order valence-corrected chi connectivity index (χ3v) is 6.62. The fourth-order valence-corrected chi connectivity index (χ4v) is 5.02. The van der Waals surface area contributed by atoms with Crippen LogP contribution in [0.15, 0.2) is 40.9 Å². The Morgan fingerprint density at radius 3 is 2.71 bits per heavy atom. The summed E-state index contributed by atoms with van der Waals surface area (Å²) in [5, 5.41) is 0. The standard InChI is InChI=1S/C21H30BrNO/c1-14(2)13-23-20(16-8-6-7-9-18(16)22)24-19-12-15(3)10-11-17(19)21(23,4)5/h6-9,15,17,19-20H,1,10-13H2,2-5H3/t15-,17?,19?,20+/m1/s1. The Hall–Kier alpha value is -0.640. The van der Waals surface area contributed by atoms with Crippen LogP contribution in [0.4, 0.5) is 0 Å². The van der Waals surface area contributed by atoms with E-state index < -0.39 is 0 Å². The van der Waals surface area contributed by atoms with Gasteiger partial charge >= 0.3 is 0 Å². The molecule has 1 saturated heterocycles. The number of fused-ring (bicyclic) bond motifs is 1. The minimum atomic E-state index is -0.0150. The number of hydrogen-bond donors (Lipinski definition) is 0. The highest BCUT2D eigenvalue weighted by Crippen LogP contribution is 2.49. The molecule has 3 heteroatoms. The fourth-order valence-electron chi connectivity index (χ4n) is 4.54. The monoisotopic (exact) mass is 391 g/mol. The molecule has 0 spiro atoms. The van der Waals surface area contributed by atoms with Gasteiger partial charge in [0.1, 0.15) is 6.23 Å². The van der Waals surface area contributed by atoms with Crippen LogP contribution in [0.3, 0.4) is 0 Å². The molecule has 1 heterocycles. The van der Waals surface area contributed by atoms with Crippen molar-refractivity contribution in [1.29, 1.82) is 0 Å². The molecule has 2 unspecified atom stereocenters. The van der Waals surface area contributed by atoms with Gasteiger partial charge in [0, 0.05) is 28.0 Å². The molecule has 2 aliphatic rings. The minimum Gasteiger partial charge on any atom is -0.355 e. The summed E-state index contributed by atoms with van der Waals surface area (Å²) in [6.07, 6.45) is 4.08. The summed E-state index contributed by atoms with van der Waals surface area (Å²) in [7, 11) is 0. The zero-order chi connectivity index (χ0) is 17.5. The first-order valence-electron chi connectivity index (χ1n) is 9.11. The molecule has 0 N–H and O–H groups in total. The van der Waals surface area contributed by atoms with Gasteiger partial charge in [-0.25, -0.2) is 0 Å². The van der Waals surface area contributed by atoms with Crippen molar-refractivity contribution in [3.05, 3.63) is 46.5 Å². The van der Waals surface area contributed by atoms with Gasteiger partial charge in [0.25, 0.3) is 0 Å². The van der Waals surface area contributed by atoms with Gasteiger partial charge in [0.2, 0.25) is 0 Å². The molecule has 3 rings (SSSR count). The van der Waals surface area contributed by atoms with Crippen molar-refractivity contribution in [2.75, 3.05) is 6.54 Å². The van der Waals surface area contributed by atoms with E-state index in [0.717, 1.165) is 16.9 Å². The second-order valence-corrected chi connectivity index (χ2v) is 9.17. The van der Waals surface area contributed by atoms with Crippen LogP contribution < -0.4 is 0 Å². The Bertz CT molecular complexity index is 612. The number of nitrogens with zero attached hydrogens (tertiary/aromatic N) is 1. The maximum atomic E-state index is 6.73. The third-order valence-electron chi connectivity index (χ3n) is 5.90. The highest BCUT2D eigenvalue weighted by molar-refractivity contribution is 9.10. The van der Waals surface area contributed by atoms with E-state index in [1.807, 2.05) is 0 Å². The smallest absolute Gasteiger partial charge is 0.138 e. The molecule has 0 amide bonds. The maximum absolute atomic E-state index is 6.73. The molecule has 2 fully saturated rings. The molecule has 0 bridgehead atoms. The summed E-state index contributed by atoms with van der Waals surface area (Å²) in [5.41, 5.74) is 2.51. The van der Waals surface area contributed by atoms with Crippen LogP contribution in [0.25, 0.3) is 0 Å². The summed E-state index contributed by atoms with van der Waals surface area (Å²) in [4.78, 5) is 2.52. The predicted octanol–water partition coefficient (Wildman–Crippen LogP) is 5.94. The number of hydrogen-bond acceptors (Lipinski definition) is 2. The van der Waals surface area contributed by atoms with Gasteiger partial charge in [-0.1, -0.05) is 59.6 Å². The number of benzene rings is 1. The van der Waals surface area contributed by atoms with Crippen LogP contribution in [-0.2, 0) is 4.74 Å². The molecule has 1 saturated carbocycles. The zero-order valence-corrected chi connectivity index (χ0v) is 17.0. The molecular formula is C21H30BrNO. The molecular weight excluding hydrogens is 362 g/mol. The second kappa shape index (κ2) is 6.93. The highest BCUT2D eigenvalue weighted by Gasteiger charge is 2.50. The van der Waals surface area contributed by atoms with E-state index in [1.165, 1.54) is 30.4 Å². The van der Waals surface area contributed by atoms with Crippen molar-refractivity contribution < 1.29 is 4.74 Å². The zero-order valence-electron chi connectivity index (χ0n) is 15.4. The second-order valence-electron chi connectivity index (χ2n) is 8.31. The van der Waals surface area contributed by atoms with E-state index in [4.69, 9.17) is 4.74 Å². The maximum Gasteiger partial charge on any atom is 0.138 e. The minimum absolute atomic E-state index is 0.0150.